The summed E-state index contributed by atoms with van der Waals surface area (Å²) in [5, 5.41) is 3.05. The highest BCUT2D eigenvalue weighted by Gasteiger charge is 2.35. The van der Waals surface area contributed by atoms with Crippen molar-refractivity contribution in [2.24, 2.45) is 0 Å². The molecule has 0 aliphatic rings. The van der Waals surface area contributed by atoms with Crippen molar-refractivity contribution in [3.63, 3.8) is 0 Å². The molecule has 0 saturated heterocycles. The first-order chi connectivity index (χ1) is 21.2. The zero-order chi connectivity index (χ0) is 32.8. The van der Waals surface area contributed by atoms with Gasteiger partial charge < -0.3 is 10.2 Å². The molecule has 0 spiro atoms. The van der Waals surface area contributed by atoms with Crippen LogP contribution in [-0.2, 0) is 32.6 Å². The lowest BCUT2D eigenvalue weighted by atomic mass is 10.0. The topological polar surface area (TPSA) is 86.8 Å². The molecule has 0 aromatic heterocycles. The maximum atomic E-state index is 14.6. The van der Waals surface area contributed by atoms with Crippen molar-refractivity contribution in [1.82, 2.24) is 10.2 Å². The SMILES string of the molecule is Cc1ccc(N(CC(=O)N(Cc2cccc(Br)c2)[C@@H](Cc2ccccc2)C(=O)NC(C)(C)C)S(=O)(=O)c2ccccc2)cc1C. The molecule has 0 unspecified atom stereocenters. The van der Waals surface area contributed by atoms with Crippen LogP contribution in [0.3, 0.4) is 0 Å². The third-order valence-corrected chi connectivity index (χ3v) is 9.68. The summed E-state index contributed by atoms with van der Waals surface area (Å²) in [4.78, 5) is 30.1. The van der Waals surface area contributed by atoms with Crippen molar-refractivity contribution in [1.29, 1.82) is 0 Å². The van der Waals surface area contributed by atoms with Crippen LogP contribution in [0.15, 0.2) is 112 Å². The van der Waals surface area contributed by atoms with Crippen LogP contribution < -0.4 is 9.62 Å². The van der Waals surface area contributed by atoms with Gasteiger partial charge in [0.05, 0.1) is 10.6 Å². The first kappa shape index (κ1) is 33.9. The summed E-state index contributed by atoms with van der Waals surface area (Å²) in [6, 6.07) is 29.5. The summed E-state index contributed by atoms with van der Waals surface area (Å²) in [6.45, 7) is 9.11. The molecule has 0 fully saturated rings. The van der Waals surface area contributed by atoms with Gasteiger partial charge in [0, 0.05) is 23.0 Å². The Kier molecular flexibility index (Phi) is 10.9. The number of nitrogens with zero attached hydrogens (tertiary/aromatic N) is 2. The second-order valence-electron chi connectivity index (χ2n) is 12.2. The second kappa shape index (κ2) is 14.4. The number of benzene rings is 4. The Hall–Kier alpha value is -3.95. The Labute approximate surface area is 275 Å². The van der Waals surface area contributed by atoms with E-state index in [0.717, 1.165) is 31.0 Å². The first-order valence-corrected chi connectivity index (χ1v) is 17.0. The van der Waals surface area contributed by atoms with E-state index < -0.39 is 34.1 Å². The molecule has 0 bridgehead atoms. The number of anilines is 1. The van der Waals surface area contributed by atoms with E-state index in [4.69, 9.17) is 0 Å². The van der Waals surface area contributed by atoms with E-state index in [1.807, 2.05) is 95.3 Å². The molecule has 0 heterocycles. The molecule has 4 aromatic carbocycles. The number of hydrogen-bond acceptors (Lipinski definition) is 4. The lowest BCUT2D eigenvalue weighted by Gasteiger charge is -2.35. The highest BCUT2D eigenvalue weighted by Crippen LogP contribution is 2.27. The quantitative estimate of drug-likeness (QED) is 0.187. The maximum Gasteiger partial charge on any atom is 0.264 e. The maximum absolute atomic E-state index is 14.6. The molecule has 1 N–H and O–H groups in total. The molecule has 0 saturated carbocycles. The lowest BCUT2D eigenvalue weighted by Crippen LogP contribution is -2.56. The number of hydrogen-bond donors (Lipinski definition) is 1. The molecule has 0 aliphatic heterocycles. The van der Waals surface area contributed by atoms with Crippen molar-refractivity contribution in [3.05, 3.63) is 130 Å². The predicted molar refractivity (Wildman–Crippen MR) is 183 cm³/mol. The van der Waals surface area contributed by atoms with Crippen molar-refractivity contribution >= 4 is 43.5 Å². The van der Waals surface area contributed by atoms with Crippen LogP contribution in [0, 0.1) is 13.8 Å². The number of sulfonamides is 1. The van der Waals surface area contributed by atoms with E-state index >= 15 is 0 Å². The Morgan fingerprint density at radius 2 is 1.42 bits per heavy atom. The molecule has 45 heavy (non-hydrogen) atoms. The smallest absolute Gasteiger partial charge is 0.264 e. The fourth-order valence-corrected chi connectivity index (χ4v) is 6.84. The van der Waals surface area contributed by atoms with Crippen LogP contribution in [-0.4, -0.2) is 43.3 Å². The molecular formula is C36H40BrN3O4S. The minimum Gasteiger partial charge on any atom is -0.350 e. The average Bonchev–Trinajstić information content (AvgIpc) is 2.99. The van der Waals surface area contributed by atoms with Crippen molar-refractivity contribution in [2.75, 3.05) is 10.8 Å². The molecule has 1 atom stereocenters. The molecule has 0 aliphatic carbocycles. The Morgan fingerprint density at radius 1 is 0.800 bits per heavy atom. The van der Waals surface area contributed by atoms with Gasteiger partial charge in [-0.1, -0.05) is 82.7 Å². The van der Waals surface area contributed by atoms with Crippen LogP contribution in [0.1, 0.15) is 43.0 Å². The molecule has 236 valence electrons. The van der Waals surface area contributed by atoms with Gasteiger partial charge in [-0.25, -0.2) is 8.42 Å². The third-order valence-electron chi connectivity index (χ3n) is 7.40. The van der Waals surface area contributed by atoms with E-state index in [9.17, 15) is 18.0 Å². The van der Waals surface area contributed by atoms with E-state index in [1.165, 1.54) is 17.0 Å². The Morgan fingerprint density at radius 3 is 2.02 bits per heavy atom. The minimum atomic E-state index is -4.15. The molecule has 7 nitrogen and oxygen atoms in total. The van der Waals surface area contributed by atoms with Gasteiger partial charge in [0.2, 0.25) is 11.8 Å². The fourth-order valence-electron chi connectivity index (χ4n) is 4.97. The highest BCUT2D eigenvalue weighted by atomic mass is 79.9. The van der Waals surface area contributed by atoms with Gasteiger partial charge in [-0.3, -0.25) is 13.9 Å². The average molecular weight is 691 g/mol. The van der Waals surface area contributed by atoms with E-state index in [1.54, 1.807) is 30.3 Å². The van der Waals surface area contributed by atoms with E-state index in [-0.39, 0.29) is 23.8 Å². The van der Waals surface area contributed by atoms with Crippen LogP contribution in [0.5, 0.6) is 0 Å². The van der Waals surface area contributed by atoms with Gasteiger partial charge in [-0.05, 0) is 93.3 Å². The summed E-state index contributed by atoms with van der Waals surface area (Å²) < 4.78 is 30.3. The number of aryl methyl sites for hydroxylation is 2. The van der Waals surface area contributed by atoms with Gasteiger partial charge in [0.25, 0.3) is 10.0 Å². The first-order valence-electron chi connectivity index (χ1n) is 14.8. The number of carbonyl (C=O) groups is 2. The molecular weight excluding hydrogens is 650 g/mol. The van der Waals surface area contributed by atoms with Gasteiger partial charge in [-0.2, -0.15) is 0 Å². The van der Waals surface area contributed by atoms with Crippen LogP contribution >= 0.6 is 15.9 Å². The second-order valence-corrected chi connectivity index (χ2v) is 15.0. The Bertz CT molecular complexity index is 1740. The summed E-state index contributed by atoms with van der Waals surface area (Å²) in [5.74, 6) is -0.823. The van der Waals surface area contributed by atoms with E-state index in [2.05, 4.69) is 21.2 Å². The summed E-state index contributed by atoms with van der Waals surface area (Å²) in [7, 11) is -4.15. The van der Waals surface area contributed by atoms with Crippen molar-refractivity contribution < 1.29 is 18.0 Å². The predicted octanol–water partition coefficient (Wildman–Crippen LogP) is 6.82. The number of nitrogens with one attached hydrogen (secondary N) is 1. The van der Waals surface area contributed by atoms with Gasteiger partial charge in [0.15, 0.2) is 0 Å². The van der Waals surface area contributed by atoms with Gasteiger partial charge in [0.1, 0.15) is 12.6 Å². The lowest BCUT2D eigenvalue weighted by molar-refractivity contribution is -0.140. The van der Waals surface area contributed by atoms with Crippen LogP contribution in [0.25, 0.3) is 0 Å². The van der Waals surface area contributed by atoms with Gasteiger partial charge in [-0.15, -0.1) is 0 Å². The van der Waals surface area contributed by atoms with Crippen LogP contribution in [0.4, 0.5) is 5.69 Å². The highest BCUT2D eigenvalue weighted by molar-refractivity contribution is 9.10. The van der Waals surface area contributed by atoms with Crippen molar-refractivity contribution in [2.45, 2.75) is 64.1 Å². The summed E-state index contributed by atoms with van der Waals surface area (Å²) >= 11 is 3.51. The number of halogens is 1. The Balaban J connectivity index is 1.83. The largest absolute Gasteiger partial charge is 0.350 e. The molecule has 4 aromatic rings. The summed E-state index contributed by atoms with van der Waals surface area (Å²) in [5.41, 5.74) is 3.38. The standard InChI is InChI=1S/C36H40BrN3O4S/c1-26-19-20-31(21-27(26)2)40(45(43,44)32-17-10-7-11-18-32)25-34(41)39(24-29-15-12-16-30(37)22-29)33(35(42)38-36(3,4)5)23-28-13-8-6-9-14-28/h6-22,33H,23-25H2,1-5H3,(H,38,42)/t33-/m0/s1. The van der Waals surface area contributed by atoms with Gasteiger partial charge >= 0.3 is 0 Å². The molecule has 4 rings (SSSR count). The van der Waals surface area contributed by atoms with E-state index in [0.29, 0.717) is 5.69 Å². The zero-order valence-electron chi connectivity index (χ0n) is 26.3. The number of rotatable bonds is 11. The normalized spacial score (nSPS) is 12.3. The molecule has 0 radical (unpaired) electrons. The fraction of sp³-hybridized carbons (Fsp3) is 0.278. The third kappa shape index (κ3) is 9.05. The monoisotopic (exact) mass is 689 g/mol. The number of amides is 2. The van der Waals surface area contributed by atoms with Crippen molar-refractivity contribution in [3.8, 4) is 0 Å². The molecule has 9 heteroatoms. The molecule has 2 amide bonds. The minimum absolute atomic E-state index is 0.0703. The van der Waals surface area contributed by atoms with Crippen LogP contribution in [0.2, 0.25) is 0 Å². The number of carbonyl (C=O) groups excluding carboxylic acids is 2. The summed E-state index contributed by atoms with van der Waals surface area (Å²) in [6.07, 6.45) is 0.248. The zero-order valence-corrected chi connectivity index (χ0v) is 28.7.